The average Bonchev–Trinajstić information content (AvgIpc) is 2.99. The standard InChI is InChI=1S/C23H30F5N2O4PS/c1-21(2,36(32,33)19-8-4-6-16(10-19)22(25,35)15-24)18-12-30(20(31)14-34-13-18)9-5-7-17(11-29-3)23(26,27)28/h4-10,18,29H,11-15,35H2,1-3H3/b9-5+,17-7+/t18-,22?/m1/s1. The number of amides is 1. The number of likely N-dealkylation sites (N-methyl/N-ethyl adjacent to an activating group) is 1. The van der Waals surface area contributed by atoms with Crippen molar-refractivity contribution in [3.63, 3.8) is 0 Å². The second-order valence-electron chi connectivity index (χ2n) is 8.95. The Kier molecular flexibility index (Phi) is 9.83. The molecule has 1 aromatic rings. The summed E-state index contributed by atoms with van der Waals surface area (Å²) in [4.78, 5) is 13.3. The molecule has 0 radical (unpaired) electrons. The summed E-state index contributed by atoms with van der Waals surface area (Å²) in [6.07, 6.45) is -1.51. The molecular formula is C23H30F5N2O4PS. The van der Waals surface area contributed by atoms with Crippen LogP contribution in [-0.4, -0.2) is 70.2 Å². The van der Waals surface area contributed by atoms with Gasteiger partial charge in [0.05, 0.1) is 16.2 Å². The van der Waals surface area contributed by atoms with E-state index in [0.717, 1.165) is 29.3 Å². The topological polar surface area (TPSA) is 75.7 Å². The molecule has 2 rings (SSSR count). The van der Waals surface area contributed by atoms with Crippen LogP contribution in [0.5, 0.6) is 0 Å². The van der Waals surface area contributed by atoms with Crippen LogP contribution < -0.4 is 5.32 Å². The number of benzene rings is 1. The fourth-order valence-electron chi connectivity index (χ4n) is 3.56. The van der Waals surface area contributed by atoms with Gasteiger partial charge in [0.1, 0.15) is 13.3 Å². The molecule has 0 bridgehead atoms. The first-order chi connectivity index (χ1) is 16.6. The van der Waals surface area contributed by atoms with Gasteiger partial charge < -0.3 is 15.0 Å². The Morgan fingerprint density at radius 2 is 1.94 bits per heavy atom. The number of hydrogen-bond donors (Lipinski definition) is 1. The molecule has 1 aliphatic heterocycles. The van der Waals surface area contributed by atoms with Gasteiger partial charge in [-0.05, 0) is 44.7 Å². The van der Waals surface area contributed by atoms with E-state index in [1.807, 2.05) is 0 Å². The molecule has 1 saturated heterocycles. The van der Waals surface area contributed by atoms with Crippen LogP contribution >= 0.6 is 9.24 Å². The molecule has 1 aromatic carbocycles. The largest absolute Gasteiger partial charge is 0.413 e. The third kappa shape index (κ3) is 6.90. The van der Waals surface area contributed by atoms with Gasteiger partial charge >= 0.3 is 6.18 Å². The maximum Gasteiger partial charge on any atom is 0.413 e. The average molecular weight is 557 g/mol. The summed E-state index contributed by atoms with van der Waals surface area (Å²) < 4.78 is 97.8. The summed E-state index contributed by atoms with van der Waals surface area (Å²) in [7, 11) is -1.07. The van der Waals surface area contributed by atoms with E-state index in [4.69, 9.17) is 4.74 Å². The third-order valence-electron chi connectivity index (χ3n) is 6.07. The van der Waals surface area contributed by atoms with E-state index in [0.29, 0.717) is 0 Å². The van der Waals surface area contributed by atoms with Crippen molar-refractivity contribution in [3.05, 3.63) is 53.8 Å². The van der Waals surface area contributed by atoms with E-state index in [1.54, 1.807) is 9.24 Å². The van der Waals surface area contributed by atoms with Crippen LogP contribution in [0.25, 0.3) is 0 Å². The van der Waals surface area contributed by atoms with Crippen LogP contribution in [0.3, 0.4) is 0 Å². The molecule has 202 valence electrons. The van der Waals surface area contributed by atoms with E-state index in [1.165, 1.54) is 39.1 Å². The number of hydrogen-bond acceptors (Lipinski definition) is 5. The highest BCUT2D eigenvalue weighted by atomic mass is 32.2. The lowest BCUT2D eigenvalue weighted by atomic mass is 9.95. The number of allylic oxidation sites excluding steroid dienone is 2. The highest BCUT2D eigenvalue weighted by Gasteiger charge is 2.45. The molecule has 3 atom stereocenters. The van der Waals surface area contributed by atoms with Crippen LogP contribution in [0.1, 0.15) is 19.4 Å². The van der Waals surface area contributed by atoms with E-state index < -0.39 is 56.8 Å². The lowest BCUT2D eigenvalue weighted by molar-refractivity contribution is -0.131. The van der Waals surface area contributed by atoms with Gasteiger partial charge in [0.25, 0.3) is 5.91 Å². The van der Waals surface area contributed by atoms with Gasteiger partial charge in [-0.1, -0.05) is 27.4 Å². The summed E-state index contributed by atoms with van der Waals surface area (Å²) in [5.74, 6) is -1.34. The van der Waals surface area contributed by atoms with Gasteiger partial charge in [0, 0.05) is 30.8 Å². The molecule has 13 heteroatoms. The number of nitrogens with one attached hydrogen (secondary N) is 1. The van der Waals surface area contributed by atoms with Crippen molar-refractivity contribution in [2.24, 2.45) is 5.92 Å². The van der Waals surface area contributed by atoms with Crippen molar-refractivity contribution in [2.45, 2.75) is 35.1 Å². The van der Waals surface area contributed by atoms with Crippen molar-refractivity contribution in [3.8, 4) is 0 Å². The van der Waals surface area contributed by atoms with Gasteiger partial charge in [-0.3, -0.25) is 4.79 Å². The first kappa shape index (κ1) is 30.3. The molecule has 6 nitrogen and oxygen atoms in total. The summed E-state index contributed by atoms with van der Waals surface area (Å²) in [6, 6.07) is 4.92. The SMILES string of the molecule is CNC/C(=C\C=C\N1C[C@@H](C(C)(C)S(=O)(=O)c2cccc(C(F)(P)CF)c2)COCC1=O)C(F)(F)F. The van der Waals surface area contributed by atoms with Crippen molar-refractivity contribution in [2.75, 3.05) is 40.0 Å². The molecule has 0 saturated carbocycles. The predicted molar refractivity (Wildman–Crippen MR) is 129 cm³/mol. The molecule has 1 heterocycles. The molecule has 1 aliphatic rings. The first-order valence-electron chi connectivity index (χ1n) is 10.9. The predicted octanol–water partition coefficient (Wildman–Crippen LogP) is 3.90. The molecule has 0 spiro atoms. The van der Waals surface area contributed by atoms with Gasteiger partial charge in [-0.15, -0.1) is 0 Å². The summed E-state index contributed by atoms with van der Waals surface area (Å²) in [5.41, 5.74) is -1.03. The van der Waals surface area contributed by atoms with Crippen LogP contribution in [0.4, 0.5) is 22.0 Å². The Hall–Kier alpha value is -1.88. The summed E-state index contributed by atoms with van der Waals surface area (Å²) in [6.45, 7) is 0.393. The van der Waals surface area contributed by atoms with E-state index in [9.17, 15) is 35.2 Å². The molecule has 0 aromatic heterocycles. The number of sulfone groups is 1. The number of carbonyl (C=O) groups excluding carboxylic acids is 1. The van der Waals surface area contributed by atoms with Crippen molar-refractivity contribution in [1.29, 1.82) is 0 Å². The molecular weight excluding hydrogens is 526 g/mol. The second kappa shape index (κ2) is 11.7. The first-order valence-corrected chi connectivity index (χ1v) is 13.0. The summed E-state index contributed by atoms with van der Waals surface area (Å²) >= 11 is 0. The molecule has 1 amide bonds. The maximum atomic E-state index is 14.5. The smallest absolute Gasteiger partial charge is 0.371 e. The Labute approximate surface area is 210 Å². The zero-order chi connectivity index (χ0) is 27.4. The van der Waals surface area contributed by atoms with Crippen LogP contribution in [-0.2, 0) is 24.8 Å². The van der Waals surface area contributed by atoms with Crippen molar-refractivity contribution in [1.82, 2.24) is 10.2 Å². The number of ether oxygens (including phenoxy) is 1. The number of nitrogens with zero attached hydrogens (tertiary/aromatic N) is 1. The van der Waals surface area contributed by atoms with Crippen LogP contribution in [0.2, 0.25) is 0 Å². The molecule has 36 heavy (non-hydrogen) atoms. The minimum Gasteiger partial charge on any atom is -0.371 e. The molecule has 1 N–H and O–H groups in total. The van der Waals surface area contributed by atoms with E-state index in [2.05, 4.69) is 5.32 Å². The Morgan fingerprint density at radius 3 is 2.53 bits per heavy atom. The fraction of sp³-hybridized carbons (Fsp3) is 0.522. The minimum atomic E-state index is -4.57. The van der Waals surface area contributed by atoms with Gasteiger partial charge in [0.2, 0.25) is 0 Å². The van der Waals surface area contributed by atoms with Crippen molar-refractivity contribution >= 4 is 25.0 Å². The normalized spacial score (nSPS) is 20.5. The highest BCUT2D eigenvalue weighted by Crippen LogP contribution is 2.38. The minimum absolute atomic E-state index is 0.118. The zero-order valence-electron chi connectivity index (χ0n) is 20.1. The maximum absolute atomic E-state index is 14.5. The number of halogens is 5. The number of carbonyl (C=O) groups is 1. The quantitative estimate of drug-likeness (QED) is 0.284. The van der Waals surface area contributed by atoms with E-state index >= 15 is 0 Å². The van der Waals surface area contributed by atoms with Gasteiger partial charge in [-0.25, -0.2) is 17.2 Å². The zero-order valence-corrected chi connectivity index (χ0v) is 22.1. The fourth-order valence-corrected chi connectivity index (χ4v) is 5.47. The van der Waals surface area contributed by atoms with Crippen LogP contribution in [0, 0.1) is 5.92 Å². The second-order valence-corrected chi connectivity index (χ2v) is 12.4. The van der Waals surface area contributed by atoms with Gasteiger partial charge in [-0.2, -0.15) is 13.2 Å². The lowest BCUT2D eigenvalue weighted by Gasteiger charge is -2.34. The van der Waals surface area contributed by atoms with E-state index in [-0.39, 0.29) is 30.2 Å². The monoisotopic (exact) mass is 556 g/mol. The molecule has 0 aliphatic carbocycles. The van der Waals surface area contributed by atoms with Crippen molar-refractivity contribution < 1.29 is 39.9 Å². The molecule has 1 fully saturated rings. The Morgan fingerprint density at radius 1 is 1.28 bits per heavy atom. The highest BCUT2D eigenvalue weighted by molar-refractivity contribution is 7.92. The summed E-state index contributed by atoms with van der Waals surface area (Å²) in [5, 5.41) is -0.0306. The number of alkyl halides is 5. The Balaban J connectivity index is 2.37. The van der Waals surface area contributed by atoms with Crippen LogP contribution in [0.15, 0.2) is 53.1 Å². The lowest BCUT2D eigenvalue weighted by Crippen LogP contribution is -2.46. The number of rotatable bonds is 9. The Bertz CT molecular complexity index is 1100. The third-order valence-corrected chi connectivity index (χ3v) is 9.15. The van der Waals surface area contributed by atoms with Gasteiger partial charge in [0.15, 0.2) is 15.2 Å². The molecule has 2 unspecified atom stereocenters.